The molecule has 2 heterocycles. The lowest BCUT2D eigenvalue weighted by atomic mass is 10.1. The number of carbonyl (C=O) groups excluding carboxylic acids is 2. The number of hydrogen-bond acceptors (Lipinski definition) is 4. The van der Waals surface area contributed by atoms with Crippen LogP contribution in [0.25, 0.3) is 0 Å². The van der Waals surface area contributed by atoms with Gasteiger partial charge in [0.05, 0.1) is 12.5 Å². The van der Waals surface area contributed by atoms with E-state index in [4.69, 9.17) is 22.1 Å². The normalized spacial score (nSPS) is 23.8. The second kappa shape index (κ2) is 8.17. The van der Waals surface area contributed by atoms with Crippen LogP contribution in [0, 0.1) is 0 Å². The average Bonchev–Trinajstić information content (AvgIpc) is 3.12. The number of halogens is 1. The molecule has 2 saturated heterocycles. The molecule has 2 aliphatic heterocycles. The Morgan fingerprint density at radius 2 is 1.80 bits per heavy atom. The molecule has 136 valence electrons. The molecule has 7 heteroatoms. The minimum Gasteiger partial charge on any atom is -0.364 e. The number of amides is 2. The van der Waals surface area contributed by atoms with E-state index in [-0.39, 0.29) is 30.4 Å². The van der Waals surface area contributed by atoms with Crippen molar-refractivity contribution in [2.75, 3.05) is 32.7 Å². The van der Waals surface area contributed by atoms with E-state index >= 15 is 0 Å². The SMILES string of the molecule is NC[C@H]1CC[C@@H](C(=O)N2CCN(C(=O)Cc3ccccc3Cl)CC2)O1. The predicted octanol–water partition coefficient (Wildman–Crippen LogP) is 1.06. The minimum atomic E-state index is -0.376. The zero-order chi connectivity index (χ0) is 17.8. The first-order valence-corrected chi connectivity index (χ1v) is 9.11. The van der Waals surface area contributed by atoms with Gasteiger partial charge in [0.25, 0.3) is 5.91 Å². The first kappa shape index (κ1) is 18.2. The largest absolute Gasteiger partial charge is 0.364 e. The first-order valence-electron chi connectivity index (χ1n) is 8.74. The molecule has 3 rings (SSSR count). The van der Waals surface area contributed by atoms with Crippen molar-refractivity contribution in [3.05, 3.63) is 34.9 Å². The Labute approximate surface area is 152 Å². The molecule has 0 spiro atoms. The fourth-order valence-electron chi connectivity index (χ4n) is 3.36. The Morgan fingerprint density at radius 1 is 1.12 bits per heavy atom. The second-order valence-electron chi connectivity index (χ2n) is 6.53. The van der Waals surface area contributed by atoms with E-state index in [0.29, 0.717) is 37.7 Å². The van der Waals surface area contributed by atoms with Crippen molar-refractivity contribution >= 4 is 23.4 Å². The van der Waals surface area contributed by atoms with E-state index in [1.807, 2.05) is 18.2 Å². The minimum absolute atomic E-state index is 0.00700. The molecule has 0 bridgehead atoms. The van der Waals surface area contributed by atoms with Crippen molar-refractivity contribution in [2.24, 2.45) is 5.73 Å². The van der Waals surface area contributed by atoms with Crippen LogP contribution in [-0.4, -0.2) is 66.5 Å². The van der Waals surface area contributed by atoms with Gasteiger partial charge in [-0.25, -0.2) is 0 Å². The summed E-state index contributed by atoms with van der Waals surface area (Å²) in [4.78, 5) is 28.6. The highest BCUT2D eigenvalue weighted by molar-refractivity contribution is 6.31. The Bertz CT molecular complexity index is 632. The molecule has 2 N–H and O–H groups in total. The highest BCUT2D eigenvalue weighted by Gasteiger charge is 2.34. The predicted molar refractivity (Wildman–Crippen MR) is 95.3 cm³/mol. The van der Waals surface area contributed by atoms with Crippen molar-refractivity contribution < 1.29 is 14.3 Å². The van der Waals surface area contributed by atoms with Crippen molar-refractivity contribution in [2.45, 2.75) is 31.5 Å². The zero-order valence-corrected chi connectivity index (χ0v) is 15.0. The molecular weight excluding hydrogens is 342 g/mol. The standard InChI is InChI=1S/C18H24ClN3O3/c19-15-4-2-1-3-13(15)11-17(23)21-7-9-22(10-8-21)18(24)16-6-5-14(12-20)25-16/h1-4,14,16H,5-12,20H2/t14-,16+/m1/s1. The molecule has 2 atom stereocenters. The van der Waals surface area contributed by atoms with Crippen molar-refractivity contribution in [1.29, 1.82) is 0 Å². The van der Waals surface area contributed by atoms with Gasteiger partial charge in [-0.05, 0) is 24.5 Å². The highest BCUT2D eigenvalue weighted by atomic mass is 35.5. The lowest BCUT2D eigenvalue weighted by molar-refractivity contribution is -0.147. The summed E-state index contributed by atoms with van der Waals surface area (Å²) in [5.41, 5.74) is 6.43. The van der Waals surface area contributed by atoms with Crippen LogP contribution in [0.5, 0.6) is 0 Å². The van der Waals surface area contributed by atoms with E-state index in [0.717, 1.165) is 18.4 Å². The summed E-state index contributed by atoms with van der Waals surface area (Å²) in [7, 11) is 0. The van der Waals surface area contributed by atoms with Gasteiger partial charge in [-0.3, -0.25) is 9.59 Å². The Morgan fingerprint density at radius 3 is 2.44 bits per heavy atom. The van der Waals surface area contributed by atoms with Crippen LogP contribution >= 0.6 is 11.6 Å². The van der Waals surface area contributed by atoms with Gasteiger partial charge in [0.1, 0.15) is 6.10 Å². The molecule has 0 saturated carbocycles. The second-order valence-corrected chi connectivity index (χ2v) is 6.94. The number of ether oxygens (including phenoxy) is 1. The number of benzene rings is 1. The lowest BCUT2D eigenvalue weighted by Gasteiger charge is -2.36. The number of nitrogens with zero attached hydrogens (tertiary/aromatic N) is 2. The molecule has 2 amide bonds. The van der Waals surface area contributed by atoms with Gasteiger partial charge in [-0.2, -0.15) is 0 Å². The van der Waals surface area contributed by atoms with Gasteiger partial charge < -0.3 is 20.3 Å². The molecule has 0 aromatic heterocycles. The van der Waals surface area contributed by atoms with E-state index in [1.54, 1.807) is 15.9 Å². The summed E-state index contributed by atoms with van der Waals surface area (Å²) < 4.78 is 5.68. The van der Waals surface area contributed by atoms with E-state index in [2.05, 4.69) is 0 Å². The molecule has 1 aromatic rings. The summed E-state index contributed by atoms with van der Waals surface area (Å²) in [5.74, 6) is 0.0645. The number of hydrogen-bond donors (Lipinski definition) is 1. The van der Waals surface area contributed by atoms with Gasteiger partial charge in [0, 0.05) is 37.7 Å². The third-order valence-electron chi connectivity index (χ3n) is 4.89. The summed E-state index contributed by atoms with van der Waals surface area (Å²) in [6, 6.07) is 7.38. The smallest absolute Gasteiger partial charge is 0.251 e. The van der Waals surface area contributed by atoms with Crippen LogP contribution in [0.2, 0.25) is 5.02 Å². The van der Waals surface area contributed by atoms with Crippen molar-refractivity contribution in [3.63, 3.8) is 0 Å². The summed E-state index contributed by atoms with van der Waals surface area (Å²) in [6.07, 6.45) is 1.47. The number of carbonyl (C=O) groups is 2. The van der Waals surface area contributed by atoms with E-state index in [1.165, 1.54) is 0 Å². The fraction of sp³-hybridized carbons (Fsp3) is 0.556. The Balaban J connectivity index is 1.49. The number of rotatable bonds is 4. The molecular formula is C18H24ClN3O3. The van der Waals surface area contributed by atoms with Crippen LogP contribution < -0.4 is 5.73 Å². The van der Waals surface area contributed by atoms with Crippen LogP contribution in [0.4, 0.5) is 0 Å². The van der Waals surface area contributed by atoms with Gasteiger partial charge in [-0.1, -0.05) is 29.8 Å². The Kier molecular flexibility index (Phi) is 5.93. The van der Waals surface area contributed by atoms with Crippen molar-refractivity contribution in [3.8, 4) is 0 Å². The average molecular weight is 366 g/mol. The molecule has 0 unspecified atom stereocenters. The number of piperazine rings is 1. The van der Waals surface area contributed by atoms with Crippen molar-refractivity contribution in [1.82, 2.24) is 9.80 Å². The lowest BCUT2D eigenvalue weighted by Crippen LogP contribution is -2.53. The van der Waals surface area contributed by atoms with Gasteiger partial charge in [0.2, 0.25) is 5.91 Å². The Hall–Kier alpha value is -1.63. The van der Waals surface area contributed by atoms with Crippen LogP contribution in [0.3, 0.4) is 0 Å². The highest BCUT2D eigenvalue weighted by Crippen LogP contribution is 2.22. The van der Waals surface area contributed by atoms with Gasteiger partial charge in [0.15, 0.2) is 0 Å². The molecule has 2 fully saturated rings. The topological polar surface area (TPSA) is 75.9 Å². The first-order chi connectivity index (χ1) is 12.1. The third kappa shape index (κ3) is 4.32. The molecule has 2 aliphatic rings. The van der Waals surface area contributed by atoms with Crippen LogP contribution in [-0.2, 0) is 20.7 Å². The quantitative estimate of drug-likeness (QED) is 0.865. The molecule has 0 aliphatic carbocycles. The molecule has 0 radical (unpaired) electrons. The van der Waals surface area contributed by atoms with Gasteiger partial charge in [-0.15, -0.1) is 0 Å². The molecule has 1 aromatic carbocycles. The van der Waals surface area contributed by atoms with Crippen LogP contribution in [0.15, 0.2) is 24.3 Å². The van der Waals surface area contributed by atoms with Crippen LogP contribution in [0.1, 0.15) is 18.4 Å². The fourth-order valence-corrected chi connectivity index (χ4v) is 3.56. The third-order valence-corrected chi connectivity index (χ3v) is 5.26. The number of nitrogens with two attached hydrogens (primary N) is 1. The maximum atomic E-state index is 12.5. The maximum absolute atomic E-state index is 12.5. The maximum Gasteiger partial charge on any atom is 0.251 e. The summed E-state index contributed by atoms with van der Waals surface area (Å²) in [6.45, 7) is 2.62. The summed E-state index contributed by atoms with van der Waals surface area (Å²) in [5, 5.41) is 0.609. The molecule has 6 nitrogen and oxygen atoms in total. The monoisotopic (exact) mass is 365 g/mol. The summed E-state index contributed by atoms with van der Waals surface area (Å²) >= 11 is 6.12. The van der Waals surface area contributed by atoms with Gasteiger partial charge >= 0.3 is 0 Å². The molecule has 25 heavy (non-hydrogen) atoms. The van der Waals surface area contributed by atoms with E-state index in [9.17, 15) is 9.59 Å². The zero-order valence-electron chi connectivity index (χ0n) is 14.2. The van der Waals surface area contributed by atoms with E-state index < -0.39 is 0 Å².